The molecule has 11 nitrogen and oxygen atoms in total. The van der Waals surface area contributed by atoms with Crippen LogP contribution in [-0.4, -0.2) is 117 Å². The van der Waals surface area contributed by atoms with Gasteiger partial charge in [0.25, 0.3) is 0 Å². The van der Waals surface area contributed by atoms with Gasteiger partial charge in [-0.15, -0.1) is 0 Å². The normalized spacial score (nSPS) is 33.1. The molecule has 0 aromatic rings. The van der Waals surface area contributed by atoms with E-state index in [0.717, 1.165) is 49.4 Å². The Hall–Kier alpha value is -2.44. The molecule has 274 valence electrons. The lowest BCUT2D eigenvalue weighted by Gasteiger charge is -2.34. The van der Waals surface area contributed by atoms with Crippen LogP contribution in [-0.2, 0) is 19.0 Å². The molecule has 3 heterocycles. The molecule has 0 saturated carbocycles. The molecule has 0 radical (unpaired) electrons. The fourth-order valence-corrected chi connectivity index (χ4v) is 6.63. The van der Waals surface area contributed by atoms with Gasteiger partial charge in [0.2, 0.25) is 0 Å². The van der Waals surface area contributed by atoms with Crippen molar-refractivity contribution in [2.24, 2.45) is 5.92 Å². The van der Waals surface area contributed by atoms with Gasteiger partial charge in [-0.3, -0.25) is 4.79 Å². The number of aliphatic hydroxyl groups is 4. The van der Waals surface area contributed by atoms with Crippen LogP contribution in [0.2, 0.25) is 0 Å². The van der Waals surface area contributed by atoms with Gasteiger partial charge in [0.05, 0.1) is 24.2 Å². The minimum Gasteiger partial charge on any atom is -0.483 e. The number of carbonyl (C=O) groups is 2. The third-order valence-electron chi connectivity index (χ3n) is 9.94. The molecule has 8 atom stereocenters. The molecule has 0 aromatic heterocycles. The summed E-state index contributed by atoms with van der Waals surface area (Å²) in [6.45, 7) is 16.8. The fraction of sp³-hybridized carbons (Fsp3) is 0.784. The summed E-state index contributed by atoms with van der Waals surface area (Å²) in [7, 11) is 0. The van der Waals surface area contributed by atoms with Crippen LogP contribution in [0.25, 0.3) is 0 Å². The van der Waals surface area contributed by atoms with Crippen molar-refractivity contribution in [3.8, 4) is 0 Å². The van der Waals surface area contributed by atoms with E-state index in [-0.39, 0.29) is 31.3 Å². The Morgan fingerprint density at radius 3 is 2.60 bits per heavy atom. The molecular formula is C37H62N2O9. The van der Waals surface area contributed by atoms with E-state index >= 15 is 0 Å². The van der Waals surface area contributed by atoms with Crippen molar-refractivity contribution in [3.05, 3.63) is 35.1 Å². The van der Waals surface area contributed by atoms with Crippen molar-refractivity contribution in [1.29, 1.82) is 0 Å². The van der Waals surface area contributed by atoms with E-state index in [2.05, 4.69) is 11.8 Å². The molecule has 3 rings (SSSR count). The highest BCUT2D eigenvalue weighted by atomic mass is 16.6. The third kappa shape index (κ3) is 12.2. The first-order valence-electron chi connectivity index (χ1n) is 18.0. The molecule has 48 heavy (non-hydrogen) atoms. The van der Waals surface area contributed by atoms with Crippen LogP contribution < -0.4 is 0 Å². The lowest BCUT2D eigenvalue weighted by molar-refractivity contribution is -0.151. The quantitative estimate of drug-likeness (QED) is 0.138. The fourth-order valence-electron chi connectivity index (χ4n) is 6.63. The van der Waals surface area contributed by atoms with Crippen molar-refractivity contribution in [2.45, 2.75) is 148 Å². The maximum Gasteiger partial charge on any atom is 0.410 e. The van der Waals surface area contributed by atoms with Crippen LogP contribution >= 0.6 is 0 Å². The standard InChI is InChI=1S/C37H62N2O9/c1-8-18-38-19-11-20-39(22-21-38)35(43)47-31-14-13-26(4)33(48-32(42)23-28(40)15-17-37(31,7)45)25(3)12-10-16-36(6,44)24-30-34(46-30)27(5)29(41)9-2/h12-14,26,28-31,33,40-41,44-45H,8-11,15-24H2,1-7H3/b14-13+,25-12+,34-27?. The number of cyclic esters (lactones) is 1. The van der Waals surface area contributed by atoms with Crippen molar-refractivity contribution in [2.75, 3.05) is 32.7 Å². The van der Waals surface area contributed by atoms with E-state index in [4.69, 9.17) is 14.2 Å². The van der Waals surface area contributed by atoms with Gasteiger partial charge in [-0.2, -0.15) is 0 Å². The lowest BCUT2D eigenvalue weighted by atomic mass is 9.88. The molecule has 0 aliphatic carbocycles. The Bertz CT molecular complexity index is 1160. The number of hydrogen-bond donors (Lipinski definition) is 4. The van der Waals surface area contributed by atoms with Crippen LogP contribution in [0.3, 0.4) is 0 Å². The number of allylic oxidation sites excluding steroid dienone is 1. The van der Waals surface area contributed by atoms with Crippen molar-refractivity contribution >= 4 is 12.1 Å². The lowest BCUT2D eigenvalue weighted by Crippen LogP contribution is -2.45. The van der Waals surface area contributed by atoms with Crippen LogP contribution in [0.4, 0.5) is 4.79 Å². The Labute approximate surface area is 287 Å². The predicted octanol–water partition coefficient (Wildman–Crippen LogP) is 4.62. The van der Waals surface area contributed by atoms with Gasteiger partial charge in [-0.05, 0) is 103 Å². The average Bonchev–Trinajstić information content (AvgIpc) is 3.82. The highest BCUT2D eigenvalue weighted by Gasteiger charge is 2.41. The SMILES string of the molecule is CCCN1CCCN(C(=O)OC2/C=C/C(C)C(/C(C)=C/CCC(C)(O)CC3OC3=C(C)C(O)CC)OC(=O)CC(O)CCC2(C)O)CC1. The first-order valence-corrected chi connectivity index (χ1v) is 18.0. The second-order valence-electron chi connectivity index (χ2n) is 14.7. The molecule has 8 unspecified atom stereocenters. The average molecular weight is 679 g/mol. The smallest absolute Gasteiger partial charge is 0.410 e. The molecule has 0 spiro atoms. The van der Waals surface area contributed by atoms with Crippen LogP contribution in [0, 0.1) is 5.92 Å². The summed E-state index contributed by atoms with van der Waals surface area (Å²) in [5.41, 5.74) is -0.890. The van der Waals surface area contributed by atoms with Gasteiger partial charge in [-0.25, -0.2) is 4.79 Å². The summed E-state index contributed by atoms with van der Waals surface area (Å²) in [6.07, 6.45) is 5.44. The van der Waals surface area contributed by atoms with Gasteiger partial charge < -0.3 is 44.4 Å². The number of aliphatic hydroxyl groups excluding tert-OH is 2. The summed E-state index contributed by atoms with van der Waals surface area (Å²) in [4.78, 5) is 30.3. The summed E-state index contributed by atoms with van der Waals surface area (Å²) in [5, 5.41) is 43.3. The van der Waals surface area contributed by atoms with Crippen molar-refractivity contribution in [1.82, 2.24) is 9.80 Å². The number of amides is 1. The van der Waals surface area contributed by atoms with Gasteiger partial charge in [-0.1, -0.05) is 32.9 Å². The summed E-state index contributed by atoms with van der Waals surface area (Å²) >= 11 is 0. The van der Waals surface area contributed by atoms with Crippen LogP contribution in [0.15, 0.2) is 35.1 Å². The molecule has 1 amide bonds. The zero-order chi connectivity index (χ0) is 35.6. The molecule has 3 aliphatic heterocycles. The highest BCUT2D eigenvalue weighted by molar-refractivity contribution is 5.70. The number of nitrogens with zero attached hydrogens (tertiary/aromatic N) is 2. The molecular weight excluding hydrogens is 616 g/mol. The zero-order valence-electron chi connectivity index (χ0n) is 30.3. The molecule has 2 saturated heterocycles. The summed E-state index contributed by atoms with van der Waals surface area (Å²) in [5.74, 6) is -0.128. The zero-order valence-corrected chi connectivity index (χ0v) is 30.3. The predicted molar refractivity (Wildman–Crippen MR) is 184 cm³/mol. The number of esters is 1. The Kier molecular flexibility index (Phi) is 15.0. The first-order chi connectivity index (χ1) is 22.6. The molecule has 3 aliphatic rings. The summed E-state index contributed by atoms with van der Waals surface area (Å²) in [6, 6.07) is 0. The Balaban J connectivity index is 1.72. The van der Waals surface area contributed by atoms with E-state index in [1.165, 1.54) is 0 Å². The topological polar surface area (TPSA) is 153 Å². The van der Waals surface area contributed by atoms with Gasteiger partial charge in [0.1, 0.15) is 17.5 Å². The minimum absolute atomic E-state index is 0.118. The Morgan fingerprint density at radius 1 is 1.19 bits per heavy atom. The number of rotatable bonds is 11. The number of epoxide rings is 1. The maximum absolute atomic E-state index is 13.3. The number of hydrogen-bond acceptors (Lipinski definition) is 10. The molecule has 4 N–H and O–H groups in total. The van der Waals surface area contributed by atoms with Gasteiger partial charge in [0.15, 0.2) is 12.2 Å². The highest BCUT2D eigenvalue weighted by Crippen LogP contribution is 2.39. The van der Waals surface area contributed by atoms with Gasteiger partial charge in [0, 0.05) is 32.0 Å². The van der Waals surface area contributed by atoms with E-state index in [9.17, 15) is 30.0 Å². The molecule has 0 aromatic carbocycles. The molecule has 2 fully saturated rings. The van der Waals surface area contributed by atoms with Crippen molar-refractivity contribution in [3.63, 3.8) is 0 Å². The summed E-state index contributed by atoms with van der Waals surface area (Å²) < 4.78 is 17.5. The maximum atomic E-state index is 13.3. The third-order valence-corrected chi connectivity index (χ3v) is 9.94. The largest absolute Gasteiger partial charge is 0.483 e. The van der Waals surface area contributed by atoms with Gasteiger partial charge >= 0.3 is 12.1 Å². The second-order valence-corrected chi connectivity index (χ2v) is 14.7. The first kappa shape index (κ1) is 40.0. The number of ether oxygens (including phenoxy) is 3. The van der Waals surface area contributed by atoms with E-state index in [1.54, 1.807) is 24.8 Å². The minimum atomic E-state index is -1.48. The monoisotopic (exact) mass is 678 g/mol. The van der Waals surface area contributed by atoms with Crippen molar-refractivity contribution < 1.29 is 44.2 Å². The molecule has 11 heteroatoms. The van der Waals surface area contributed by atoms with Crippen LogP contribution in [0.5, 0.6) is 0 Å². The molecule has 0 bridgehead atoms. The second kappa shape index (κ2) is 18.0. The van der Waals surface area contributed by atoms with Crippen LogP contribution in [0.1, 0.15) is 106 Å². The van der Waals surface area contributed by atoms with E-state index < -0.39 is 47.7 Å². The van der Waals surface area contributed by atoms with E-state index in [0.29, 0.717) is 38.8 Å². The number of carbonyl (C=O) groups excluding carboxylic acids is 2. The van der Waals surface area contributed by atoms with E-state index in [1.807, 2.05) is 39.8 Å². The Morgan fingerprint density at radius 2 is 1.92 bits per heavy atom.